The Hall–Kier alpha value is -0.900. The molecule has 1 aromatic carbocycles. The standard InChI is InChI=1S/C24H40N4O2.HI/c1-25-24(26-13-6-7-16-30-18-17-29-2)28-15-12-23-22(20-28)11-8-14-27(23)19-21-9-4-3-5-10-21;/h3-5,9-10,22-23H,6-8,11-20H2,1-2H3,(H,25,26);1H. The Bertz CT molecular complexity index is 631. The second-order valence-corrected chi connectivity index (χ2v) is 8.45. The van der Waals surface area contributed by atoms with Crippen molar-refractivity contribution in [2.75, 3.05) is 60.2 Å². The molecule has 7 heteroatoms. The highest BCUT2D eigenvalue weighted by Gasteiger charge is 2.36. The fourth-order valence-electron chi connectivity index (χ4n) is 4.82. The SMILES string of the molecule is CN=C(NCCCCOCCOC)N1CCC2C(CCCN2Cc2ccccc2)C1.I. The minimum absolute atomic E-state index is 0. The van der Waals surface area contributed by atoms with Crippen molar-refractivity contribution in [2.24, 2.45) is 10.9 Å². The minimum atomic E-state index is 0. The molecule has 0 saturated carbocycles. The topological polar surface area (TPSA) is 49.3 Å². The molecule has 176 valence electrons. The highest BCUT2D eigenvalue weighted by molar-refractivity contribution is 14.0. The second-order valence-electron chi connectivity index (χ2n) is 8.45. The molecule has 0 spiro atoms. The van der Waals surface area contributed by atoms with Gasteiger partial charge < -0.3 is 19.7 Å². The lowest BCUT2D eigenvalue weighted by molar-refractivity contribution is 0.0372. The van der Waals surface area contributed by atoms with E-state index in [1.165, 1.54) is 31.4 Å². The molecule has 3 rings (SSSR count). The molecule has 1 N–H and O–H groups in total. The number of piperidine rings is 2. The Labute approximate surface area is 205 Å². The number of methoxy groups -OCH3 is 1. The lowest BCUT2D eigenvalue weighted by atomic mass is 9.83. The van der Waals surface area contributed by atoms with Crippen LogP contribution >= 0.6 is 24.0 Å². The van der Waals surface area contributed by atoms with Crippen LogP contribution in [-0.2, 0) is 16.0 Å². The molecule has 6 nitrogen and oxygen atoms in total. The van der Waals surface area contributed by atoms with Crippen LogP contribution in [0.4, 0.5) is 0 Å². The van der Waals surface area contributed by atoms with Crippen molar-refractivity contribution in [1.29, 1.82) is 0 Å². The molecule has 0 aliphatic carbocycles. The fourth-order valence-corrected chi connectivity index (χ4v) is 4.82. The maximum absolute atomic E-state index is 5.54. The number of halogens is 1. The zero-order chi connectivity index (χ0) is 21.0. The van der Waals surface area contributed by atoms with Crippen molar-refractivity contribution in [3.63, 3.8) is 0 Å². The van der Waals surface area contributed by atoms with Crippen LogP contribution in [0.25, 0.3) is 0 Å². The number of hydrogen-bond donors (Lipinski definition) is 1. The molecule has 1 aromatic rings. The van der Waals surface area contributed by atoms with Gasteiger partial charge in [0.2, 0.25) is 0 Å². The number of likely N-dealkylation sites (tertiary alicyclic amines) is 2. The van der Waals surface area contributed by atoms with Crippen LogP contribution in [0.1, 0.15) is 37.7 Å². The molecule has 2 fully saturated rings. The van der Waals surface area contributed by atoms with E-state index >= 15 is 0 Å². The predicted octanol–water partition coefficient (Wildman–Crippen LogP) is 3.61. The third-order valence-corrected chi connectivity index (χ3v) is 6.35. The Kier molecular flexibility index (Phi) is 12.8. The highest BCUT2D eigenvalue weighted by atomic mass is 127. The fraction of sp³-hybridized carbons (Fsp3) is 0.708. The average Bonchev–Trinajstić information content (AvgIpc) is 2.79. The molecule has 2 unspecified atom stereocenters. The molecule has 0 bridgehead atoms. The van der Waals surface area contributed by atoms with Gasteiger partial charge in [-0.3, -0.25) is 9.89 Å². The number of hydrogen-bond acceptors (Lipinski definition) is 4. The smallest absolute Gasteiger partial charge is 0.193 e. The number of benzene rings is 1. The summed E-state index contributed by atoms with van der Waals surface area (Å²) in [4.78, 5) is 9.76. The van der Waals surface area contributed by atoms with E-state index in [2.05, 4.69) is 50.4 Å². The van der Waals surface area contributed by atoms with E-state index in [1.54, 1.807) is 7.11 Å². The van der Waals surface area contributed by atoms with Gasteiger partial charge in [-0.1, -0.05) is 30.3 Å². The van der Waals surface area contributed by atoms with Crippen molar-refractivity contribution in [2.45, 2.75) is 44.7 Å². The van der Waals surface area contributed by atoms with Gasteiger partial charge in [0.1, 0.15) is 0 Å². The Morgan fingerprint density at radius 2 is 1.94 bits per heavy atom. The van der Waals surface area contributed by atoms with E-state index in [4.69, 9.17) is 9.47 Å². The summed E-state index contributed by atoms with van der Waals surface area (Å²) in [6, 6.07) is 11.6. The van der Waals surface area contributed by atoms with Crippen LogP contribution in [0.15, 0.2) is 35.3 Å². The summed E-state index contributed by atoms with van der Waals surface area (Å²) < 4.78 is 10.5. The molecule has 31 heavy (non-hydrogen) atoms. The predicted molar refractivity (Wildman–Crippen MR) is 138 cm³/mol. The number of nitrogens with zero attached hydrogens (tertiary/aromatic N) is 3. The number of rotatable bonds is 10. The first-order valence-electron chi connectivity index (χ1n) is 11.6. The first kappa shape index (κ1) is 26.4. The van der Waals surface area contributed by atoms with Crippen molar-refractivity contribution < 1.29 is 9.47 Å². The molecule has 0 radical (unpaired) electrons. The van der Waals surface area contributed by atoms with E-state index in [-0.39, 0.29) is 24.0 Å². The summed E-state index contributed by atoms with van der Waals surface area (Å²) in [6.07, 6.45) is 6.02. The molecule has 2 aliphatic rings. The lowest BCUT2D eigenvalue weighted by Crippen LogP contribution is -2.56. The highest BCUT2D eigenvalue weighted by Crippen LogP contribution is 2.31. The molecular weight excluding hydrogens is 503 g/mol. The van der Waals surface area contributed by atoms with Gasteiger partial charge in [0.05, 0.1) is 13.2 Å². The van der Waals surface area contributed by atoms with Crippen LogP contribution in [0.3, 0.4) is 0 Å². The van der Waals surface area contributed by atoms with Gasteiger partial charge in [0, 0.05) is 53.0 Å². The van der Waals surface area contributed by atoms with Gasteiger partial charge in [-0.2, -0.15) is 0 Å². The van der Waals surface area contributed by atoms with Gasteiger partial charge in [-0.25, -0.2) is 0 Å². The zero-order valence-corrected chi connectivity index (χ0v) is 21.6. The quantitative estimate of drug-likeness (QED) is 0.211. The molecule has 2 aliphatic heterocycles. The third-order valence-electron chi connectivity index (χ3n) is 6.35. The van der Waals surface area contributed by atoms with Crippen molar-refractivity contribution in [3.8, 4) is 0 Å². The molecule has 2 atom stereocenters. The van der Waals surface area contributed by atoms with Gasteiger partial charge in [-0.15, -0.1) is 24.0 Å². The molecule has 0 aromatic heterocycles. The summed E-state index contributed by atoms with van der Waals surface area (Å²) in [7, 11) is 3.61. The average molecular weight is 545 g/mol. The van der Waals surface area contributed by atoms with E-state index in [1.807, 2.05) is 7.05 Å². The second kappa shape index (κ2) is 15.0. The maximum atomic E-state index is 5.54. The molecule has 0 amide bonds. The van der Waals surface area contributed by atoms with E-state index in [9.17, 15) is 0 Å². The minimum Gasteiger partial charge on any atom is -0.382 e. The van der Waals surface area contributed by atoms with Crippen LogP contribution in [-0.4, -0.2) is 82.0 Å². The number of nitrogens with one attached hydrogen (secondary N) is 1. The molecule has 2 saturated heterocycles. The number of aliphatic imine (C=N–C) groups is 1. The number of fused-ring (bicyclic) bond motifs is 1. The molecule has 2 heterocycles. The van der Waals surface area contributed by atoms with Gasteiger partial charge in [-0.05, 0) is 50.1 Å². The zero-order valence-electron chi connectivity index (χ0n) is 19.3. The van der Waals surface area contributed by atoms with Crippen LogP contribution in [0.2, 0.25) is 0 Å². The van der Waals surface area contributed by atoms with Crippen molar-refractivity contribution >= 4 is 29.9 Å². The first-order chi connectivity index (χ1) is 14.8. The largest absolute Gasteiger partial charge is 0.382 e. The Morgan fingerprint density at radius 1 is 1.10 bits per heavy atom. The van der Waals surface area contributed by atoms with Crippen LogP contribution in [0, 0.1) is 5.92 Å². The van der Waals surface area contributed by atoms with Crippen LogP contribution < -0.4 is 5.32 Å². The monoisotopic (exact) mass is 544 g/mol. The summed E-state index contributed by atoms with van der Waals surface area (Å²) in [6.45, 7) is 7.63. The summed E-state index contributed by atoms with van der Waals surface area (Å²) >= 11 is 0. The third kappa shape index (κ3) is 8.51. The van der Waals surface area contributed by atoms with E-state index in [0.717, 1.165) is 57.5 Å². The molecular formula is C24H41IN4O2. The lowest BCUT2D eigenvalue weighted by Gasteiger charge is -2.48. The van der Waals surface area contributed by atoms with E-state index in [0.29, 0.717) is 19.3 Å². The Balaban J connectivity index is 0.00000341. The van der Waals surface area contributed by atoms with Gasteiger partial charge >= 0.3 is 0 Å². The summed E-state index contributed by atoms with van der Waals surface area (Å²) in [5, 5.41) is 3.57. The number of guanidine groups is 1. The van der Waals surface area contributed by atoms with Crippen molar-refractivity contribution in [3.05, 3.63) is 35.9 Å². The number of ether oxygens (including phenoxy) is 2. The van der Waals surface area contributed by atoms with Gasteiger partial charge in [0.15, 0.2) is 5.96 Å². The first-order valence-corrected chi connectivity index (χ1v) is 11.6. The Morgan fingerprint density at radius 3 is 2.71 bits per heavy atom. The van der Waals surface area contributed by atoms with Crippen molar-refractivity contribution in [1.82, 2.24) is 15.1 Å². The van der Waals surface area contributed by atoms with E-state index < -0.39 is 0 Å². The van der Waals surface area contributed by atoms with Crippen LogP contribution in [0.5, 0.6) is 0 Å². The van der Waals surface area contributed by atoms with Gasteiger partial charge in [0.25, 0.3) is 0 Å². The normalized spacial score (nSPS) is 22.0. The summed E-state index contributed by atoms with van der Waals surface area (Å²) in [5.74, 6) is 1.80. The number of unbranched alkanes of at least 4 members (excludes halogenated alkanes) is 1. The maximum Gasteiger partial charge on any atom is 0.193 e. The summed E-state index contributed by atoms with van der Waals surface area (Å²) in [5.41, 5.74) is 1.43.